The third-order valence-electron chi connectivity index (χ3n) is 2.64. The SMILES string of the molecule is O[C@@H]1CCCC[C@H]1c1ccco1. The predicted molar refractivity (Wildman–Crippen MR) is 45.9 cm³/mol. The van der Waals surface area contributed by atoms with E-state index in [9.17, 15) is 5.11 Å². The van der Waals surface area contributed by atoms with Crippen LogP contribution in [0.2, 0.25) is 0 Å². The summed E-state index contributed by atoms with van der Waals surface area (Å²) >= 11 is 0. The number of rotatable bonds is 1. The van der Waals surface area contributed by atoms with Gasteiger partial charge in [-0.3, -0.25) is 0 Å². The molecule has 66 valence electrons. The zero-order valence-corrected chi connectivity index (χ0v) is 7.07. The van der Waals surface area contributed by atoms with Crippen LogP contribution in [-0.4, -0.2) is 11.2 Å². The van der Waals surface area contributed by atoms with Gasteiger partial charge >= 0.3 is 0 Å². The second kappa shape index (κ2) is 3.31. The minimum Gasteiger partial charge on any atom is -0.469 e. The van der Waals surface area contributed by atoms with Crippen LogP contribution in [0.3, 0.4) is 0 Å². The number of furan rings is 1. The van der Waals surface area contributed by atoms with Gasteiger partial charge in [0, 0.05) is 5.92 Å². The maximum Gasteiger partial charge on any atom is 0.109 e. The van der Waals surface area contributed by atoms with Crippen LogP contribution >= 0.6 is 0 Å². The fourth-order valence-corrected chi connectivity index (χ4v) is 1.95. The summed E-state index contributed by atoms with van der Waals surface area (Å²) in [4.78, 5) is 0. The number of hydrogen-bond donors (Lipinski definition) is 1. The lowest BCUT2D eigenvalue weighted by Gasteiger charge is -2.25. The number of hydrogen-bond acceptors (Lipinski definition) is 2. The largest absolute Gasteiger partial charge is 0.469 e. The molecule has 0 spiro atoms. The average Bonchev–Trinajstić information content (AvgIpc) is 2.57. The summed E-state index contributed by atoms with van der Waals surface area (Å²) in [7, 11) is 0. The van der Waals surface area contributed by atoms with E-state index >= 15 is 0 Å². The first kappa shape index (κ1) is 7.87. The van der Waals surface area contributed by atoms with Crippen LogP contribution in [-0.2, 0) is 0 Å². The molecule has 0 unspecified atom stereocenters. The van der Waals surface area contributed by atoms with E-state index in [1.54, 1.807) is 6.26 Å². The van der Waals surface area contributed by atoms with E-state index in [2.05, 4.69) is 0 Å². The molecule has 12 heavy (non-hydrogen) atoms. The van der Waals surface area contributed by atoms with Crippen LogP contribution < -0.4 is 0 Å². The molecule has 1 aliphatic carbocycles. The average molecular weight is 166 g/mol. The van der Waals surface area contributed by atoms with Gasteiger partial charge in [-0.2, -0.15) is 0 Å². The summed E-state index contributed by atoms with van der Waals surface area (Å²) in [6.45, 7) is 0. The standard InChI is InChI=1S/C10H14O2/c11-9-5-2-1-4-8(9)10-6-3-7-12-10/h3,6-9,11H,1-2,4-5H2/t8-,9-/m1/s1. The fraction of sp³-hybridized carbons (Fsp3) is 0.600. The van der Waals surface area contributed by atoms with E-state index in [4.69, 9.17) is 4.42 Å². The van der Waals surface area contributed by atoms with Crippen LogP contribution in [0, 0.1) is 0 Å². The van der Waals surface area contributed by atoms with E-state index in [0.29, 0.717) is 0 Å². The Kier molecular flexibility index (Phi) is 2.17. The quantitative estimate of drug-likeness (QED) is 0.694. The van der Waals surface area contributed by atoms with Gasteiger partial charge in [0.1, 0.15) is 5.76 Å². The lowest BCUT2D eigenvalue weighted by Crippen LogP contribution is -2.21. The van der Waals surface area contributed by atoms with Crippen molar-refractivity contribution < 1.29 is 9.52 Å². The highest BCUT2D eigenvalue weighted by Crippen LogP contribution is 2.32. The number of aliphatic hydroxyl groups excluding tert-OH is 1. The first-order valence-electron chi connectivity index (χ1n) is 4.59. The minimum atomic E-state index is -0.190. The van der Waals surface area contributed by atoms with Gasteiger partial charge in [-0.05, 0) is 25.0 Å². The van der Waals surface area contributed by atoms with E-state index in [1.165, 1.54) is 6.42 Å². The first-order valence-corrected chi connectivity index (χ1v) is 4.59. The van der Waals surface area contributed by atoms with Gasteiger partial charge in [0.15, 0.2) is 0 Å². The first-order chi connectivity index (χ1) is 5.88. The summed E-state index contributed by atoms with van der Waals surface area (Å²) in [5.74, 6) is 1.19. The van der Waals surface area contributed by atoms with Gasteiger partial charge in [0.05, 0.1) is 12.4 Å². The zero-order valence-electron chi connectivity index (χ0n) is 7.07. The van der Waals surface area contributed by atoms with Gasteiger partial charge in [0.2, 0.25) is 0 Å². The molecule has 0 aliphatic heterocycles. The number of aliphatic hydroxyl groups is 1. The van der Waals surface area contributed by atoms with Gasteiger partial charge in [0.25, 0.3) is 0 Å². The smallest absolute Gasteiger partial charge is 0.109 e. The maximum atomic E-state index is 9.68. The Bertz CT molecular complexity index is 228. The molecule has 2 heteroatoms. The third-order valence-corrected chi connectivity index (χ3v) is 2.64. The Hall–Kier alpha value is -0.760. The zero-order chi connectivity index (χ0) is 8.39. The highest BCUT2D eigenvalue weighted by Gasteiger charge is 2.26. The van der Waals surface area contributed by atoms with E-state index < -0.39 is 0 Å². The minimum absolute atomic E-state index is 0.190. The molecule has 1 N–H and O–H groups in total. The van der Waals surface area contributed by atoms with E-state index in [1.807, 2.05) is 12.1 Å². The van der Waals surface area contributed by atoms with Crippen molar-refractivity contribution in [1.82, 2.24) is 0 Å². The molecule has 2 nitrogen and oxygen atoms in total. The van der Waals surface area contributed by atoms with Crippen LogP contribution in [0.15, 0.2) is 22.8 Å². The Morgan fingerprint density at radius 2 is 2.17 bits per heavy atom. The fourth-order valence-electron chi connectivity index (χ4n) is 1.95. The van der Waals surface area contributed by atoms with Gasteiger partial charge in [-0.15, -0.1) is 0 Å². The molecule has 0 aromatic carbocycles. The molecular formula is C10H14O2. The molecular weight excluding hydrogens is 152 g/mol. The van der Waals surface area contributed by atoms with Crippen molar-refractivity contribution in [2.24, 2.45) is 0 Å². The maximum absolute atomic E-state index is 9.68. The second-order valence-electron chi connectivity index (χ2n) is 3.47. The Morgan fingerprint density at radius 1 is 1.33 bits per heavy atom. The van der Waals surface area contributed by atoms with Crippen molar-refractivity contribution in [2.45, 2.75) is 37.7 Å². The Labute approximate surface area is 72.2 Å². The lowest BCUT2D eigenvalue weighted by atomic mass is 9.85. The lowest BCUT2D eigenvalue weighted by molar-refractivity contribution is 0.0965. The van der Waals surface area contributed by atoms with Crippen molar-refractivity contribution >= 4 is 0 Å². The summed E-state index contributed by atoms with van der Waals surface area (Å²) in [5, 5.41) is 9.68. The molecule has 1 fully saturated rings. The van der Waals surface area contributed by atoms with Crippen molar-refractivity contribution in [3.8, 4) is 0 Å². The molecule has 2 rings (SSSR count). The van der Waals surface area contributed by atoms with Crippen molar-refractivity contribution in [2.75, 3.05) is 0 Å². The summed E-state index contributed by atoms with van der Waals surface area (Å²) < 4.78 is 5.28. The summed E-state index contributed by atoms with van der Waals surface area (Å²) in [6.07, 6.45) is 5.84. The van der Waals surface area contributed by atoms with Crippen LogP contribution in [0.5, 0.6) is 0 Å². The molecule has 0 amide bonds. The molecule has 1 aromatic heterocycles. The molecule has 2 atom stereocenters. The summed E-state index contributed by atoms with van der Waals surface area (Å²) in [6, 6.07) is 3.84. The normalized spacial score (nSPS) is 30.4. The topological polar surface area (TPSA) is 33.4 Å². The molecule has 1 saturated carbocycles. The van der Waals surface area contributed by atoms with Gasteiger partial charge < -0.3 is 9.52 Å². The van der Waals surface area contributed by atoms with Crippen molar-refractivity contribution in [3.05, 3.63) is 24.2 Å². The highest BCUT2D eigenvalue weighted by atomic mass is 16.3. The Balaban J connectivity index is 2.11. The molecule has 0 bridgehead atoms. The molecule has 1 aliphatic rings. The Morgan fingerprint density at radius 3 is 2.83 bits per heavy atom. The molecule has 0 radical (unpaired) electrons. The monoisotopic (exact) mass is 166 g/mol. The van der Waals surface area contributed by atoms with Gasteiger partial charge in [-0.1, -0.05) is 12.8 Å². The van der Waals surface area contributed by atoms with Crippen molar-refractivity contribution in [1.29, 1.82) is 0 Å². The van der Waals surface area contributed by atoms with E-state index in [-0.39, 0.29) is 12.0 Å². The van der Waals surface area contributed by atoms with Crippen LogP contribution in [0.1, 0.15) is 37.4 Å². The second-order valence-corrected chi connectivity index (χ2v) is 3.47. The molecule has 1 heterocycles. The van der Waals surface area contributed by atoms with Crippen LogP contribution in [0.4, 0.5) is 0 Å². The van der Waals surface area contributed by atoms with Crippen LogP contribution in [0.25, 0.3) is 0 Å². The van der Waals surface area contributed by atoms with Crippen molar-refractivity contribution in [3.63, 3.8) is 0 Å². The molecule has 0 saturated heterocycles. The van der Waals surface area contributed by atoms with E-state index in [0.717, 1.165) is 25.0 Å². The van der Waals surface area contributed by atoms with Gasteiger partial charge in [-0.25, -0.2) is 0 Å². The molecule has 1 aromatic rings. The predicted octanol–water partition coefficient (Wildman–Crippen LogP) is 2.30. The third kappa shape index (κ3) is 1.39. The summed E-state index contributed by atoms with van der Waals surface area (Å²) in [5.41, 5.74) is 0. The highest BCUT2D eigenvalue weighted by molar-refractivity contribution is 5.08.